The fourth-order valence-electron chi connectivity index (χ4n) is 1.86. The van der Waals surface area contributed by atoms with Crippen LogP contribution < -0.4 is 5.32 Å². The molecular weight excluding hydrogens is 254 g/mol. The number of rotatable bonds is 2. The van der Waals surface area contributed by atoms with Gasteiger partial charge in [-0.1, -0.05) is 6.07 Å². The summed E-state index contributed by atoms with van der Waals surface area (Å²) in [5.74, 6) is 0. The lowest BCUT2D eigenvalue weighted by Crippen LogP contribution is -2.26. The van der Waals surface area contributed by atoms with Crippen LogP contribution in [-0.2, 0) is 4.74 Å². The first-order valence-corrected chi connectivity index (χ1v) is 6.10. The second kappa shape index (κ2) is 4.54. The molecule has 2 atom stereocenters. The number of halogens is 1. The van der Waals surface area contributed by atoms with Gasteiger partial charge in [0.05, 0.1) is 12.1 Å². The van der Waals surface area contributed by atoms with Crippen molar-refractivity contribution in [1.29, 1.82) is 0 Å². The van der Waals surface area contributed by atoms with Crippen LogP contribution in [0.5, 0.6) is 0 Å². The molecule has 3 heteroatoms. The largest absolute Gasteiger partial charge is 0.379 e. The van der Waals surface area contributed by atoms with E-state index in [9.17, 15) is 0 Å². The molecule has 0 aliphatic carbocycles. The smallest absolute Gasteiger partial charge is 0.0748 e. The summed E-state index contributed by atoms with van der Waals surface area (Å²) in [6.07, 6.45) is 1.39. The molecule has 0 spiro atoms. The molecule has 0 saturated carbocycles. The maximum absolute atomic E-state index is 5.52. The predicted octanol–water partition coefficient (Wildman–Crippen LogP) is 3.35. The highest BCUT2D eigenvalue weighted by Crippen LogP contribution is 2.26. The van der Waals surface area contributed by atoms with Crippen LogP contribution >= 0.6 is 15.9 Å². The van der Waals surface area contributed by atoms with Crippen molar-refractivity contribution >= 4 is 21.6 Å². The number of hydrogen-bond donors (Lipinski definition) is 1. The molecule has 2 rings (SSSR count). The summed E-state index contributed by atoms with van der Waals surface area (Å²) < 4.78 is 6.65. The lowest BCUT2D eigenvalue weighted by Gasteiger charge is -2.18. The molecule has 1 aromatic rings. The zero-order valence-corrected chi connectivity index (χ0v) is 10.7. The van der Waals surface area contributed by atoms with E-state index in [-0.39, 0.29) is 0 Å². The highest BCUT2D eigenvalue weighted by atomic mass is 79.9. The van der Waals surface area contributed by atoms with Crippen molar-refractivity contribution < 1.29 is 4.74 Å². The standard InChI is InChI=1S/C12H16BrNO/c1-8-3-4-12(10(13)7-8)14-11-5-6-15-9(11)2/h3-4,7,9,11,14H,5-6H2,1-2H3. The minimum atomic E-state index is 0.304. The monoisotopic (exact) mass is 269 g/mol. The maximum Gasteiger partial charge on any atom is 0.0748 e. The van der Waals surface area contributed by atoms with E-state index in [0.29, 0.717) is 12.1 Å². The lowest BCUT2D eigenvalue weighted by atomic mass is 10.1. The molecule has 0 aromatic heterocycles. The highest BCUT2D eigenvalue weighted by molar-refractivity contribution is 9.10. The van der Waals surface area contributed by atoms with Crippen LogP contribution in [-0.4, -0.2) is 18.8 Å². The maximum atomic E-state index is 5.52. The summed E-state index contributed by atoms with van der Waals surface area (Å²) in [6.45, 7) is 5.07. The Labute approximate surface area is 99.1 Å². The van der Waals surface area contributed by atoms with Crippen LogP contribution in [0, 0.1) is 6.92 Å². The van der Waals surface area contributed by atoms with Crippen molar-refractivity contribution in [3.8, 4) is 0 Å². The summed E-state index contributed by atoms with van der Waals surface area (Å²) >= 11 is 3.57. The molecule has 0 amide bonds. The molecule has 1 saturated heterocycles. The fraction of sp³-hybridized carbons (Fsp3) is 0.500. The first-order valence-electron chi connectivity index (χ1n) is 5.31. The van der Waals surface area contributed by atoms with Crippen molar-refractivity contribution in [2.45, 2.75) is 32.4 Å². The summed E-state index contributed by atoms with van der Waals surface area (Å²) in [5, 5.41) is 3.51. The van der Waals surface area contributed by atoms with Crippen molar-refractivity contribution in [3.05, 3.63) is 28.2 Å². The third-order valence-corrected chi connectivity index (χ3v) is 3.50. The van der Waals surface area contributed by atoms with Gasteiger partial charge in [-0.25, -0.2) is 0 Å². The van der Waals surface area contributed by atoms with Gasteiger partial charge in [0.1, 0.15) is 0 Å². The molecule has 2 nitrogen and oxygen atoms in total. The molecule has 0 radical (unpaired) electrons. The molecule has 1 aromatic carbocycles. The van der Waals surface area contributed by atoms with Crippen LogP contribution in [0.3, 0.4) is 0 Å². The Morgan fingerprint density at radius 2 is 2.27 bits per heavy atom. The highest BCUT2D eigenvalue weighted by Gasteiger charge is 2.24. The number of anilines is 1. The molecule has 15 heavy (non-hydrogen) atoms. The zero-order valence-electron chi connectivity index (χ0n) is 9.09. The van der Waals surface area contributed by atoms with E-state index in [2.05, 4.69) is 53.3 Å². The van der Waals surface area contributed by atoms with Crippen LogP contribution in [0.4, 0.5) is 5.69 Å². The Balaban J connectivity index is 2.10. The minimum absolute atomic E-state index is 0.304. The number of benzene rings is 1. The van der Waals surface area contributed by atoms with Crippen LogP contribution in [0.15, 0.2) is 22.7 Å². The van der Waals surface area contributed by atoms with Gasteiger partial charge in [0.2, 0.25) is 0 Å². The molecule has 1 aliphatic heterocycles. The van der Waals surface area contributed by atoms with Gasteiger partial charge < -0.3 is 10.1 Å². The molecular formula is C12H16BrNO. The van der Waals surface area contributed by atoms with E-state index in [1.807, 2.05) is 0 Å². The van der Waals surface area contributed by atoms with E-state index < -0.39 is 0 Å². The van der Waals surface area contributed by atoms with Crippen molar-refractivity contribution in [3.63, 3.8) is 0 Å². The number of nitrogens with one attached hydrogen (secondary N) is 1. The third-order valence-electron chi connectivity index (χ3n) is 2.84. The average Bonchev–Trinajstić information content (AvgIpc) is 2.57. The second-order valence-corrected chi connectivity index (χ2v) is 4.95. The average molecular weight is 270 g/mol. The minimum Gasteiger partial charge on any atom is -0.379 e. The Morgan fingerprint density at radius 1 is 1.47 bits per heavy atom. The Morgan fingerprint density at radius 3 is 2.87 bits per heavy atom. The van der Waals surface area contributed by atoms with Crippen molar-refractivity contribution in [2.24, 2.45) is 0 Å². The molecule has 1 aliphatic rings. The number of aryl methyl sites for hydroxylation is 1. The molecule has 82 valence electrons. The summed E-state index contributed by atoms with van der Waals surface area (Å²) in [5.41, 5.74) is 2.42. The first kappa shape index (κ1) is 11.0. The van der Waals surface area contributed by atoms with Gasteiger partial charge in [-0.2, -0.15) is 0 Å². The van der Waals surface area contributed by atoms with Crippen molar-refractivity contribution in [1.82, 2.24) is 0 Å². The quantitative estimate of drug-likeness (QED) is 0.889. The van der Waals surface area contributed by atoms with Gasteiger partial charge in [0.25, 0.3) is 0 Å². The van der Waals surface area contributed by atoms with Gasteiger partial charge in [0, 0.05) is 16.8 Å². The summed E-state index contributed by atoms with van der Waals surface area (Å²) in [7, 11) is 0. The molecule has 0 bridgehead atoms. The van der Waals surface area contributed by atoms with E-state index in [1.165, 1.54) is 5.56 Å². The fourth-order valence-corrected chi connectivity index (χ4v) is 2.47. The summed E-state index contributed by atoms with van der Waals surface area (Å²) in [4.78, 5) is 0. The normalized spacial score (nSPS) is 25.5. The van der Waals surface area contributed by atoms with Crippen molar-refractivity contribution in [2.75, 3.05) is 11.9 Å². The molecule has 1 heterocycles. The van der Waals surface area contributed by atoms with E-state index >= 15 is 0 Å². The SMILES string of the molecule is Cc1ccc(NC2CCOC2C)c(Br)c1. The van der Waals surface area contributed by atoms with Gasteiger partial charge in [-0.3, -0.25) is 0 Å². The van der Waals surface area contributed by atoms with Gasteiger partial charge in [-0.15, -0.1) is 0 Å². The van der Waals surface area contributed by atoms with Gasteiger partial charge >= 0.3 is 0 Å². The van der Waals surface area contributed by atoms with E-state index in [4.69, 9.17) is 4.74 Å². The predicted molar refractivity (Wildman–Crippen MR) is 66.3 cm³/mol. The molecule has 1 fully saturated rings. The topological polar surface area (TPSA) is 21.3 Å². The van der Waals surface area contributed by atoms with E-state index in [1.54, 1.807) is 0 Å². The molecule has 2 unspecified atom stereocenters. The number of ether oxygens (including phenoxy) is 1. The van der Waals surface area contributed by atoms with Gasteiger partial charge in [0.15, 0.2) is 0 Å². The second-order valence-electron chi connectivity index (χ2n) is 4.10. The summed E-state index contributed by atoms with van der Waals surface area (Å²) in [6, 6.07) is 6.80. The third kappa shape index (κ3) is 2.52. The number of hydrogen-bond acceptors (Lipinski definition) is 2. The Hall–Kier alpha value is -0.540. The lowest BCUT2D eigenvalue weighted by molar-refractivity contribution is 0.121. The Kier molecular flexibility index (Phi) is 3.32. The van der Waals surface area contributed by atoms with E-state index in [0.717, 1.165) is 23.2 Å². The molecule has 1 N–H and O–H groups in total. The Bertz CT molecular complexity index is 353. The van der Waals surface area contributed by atoms with Crippen LogP contribution in [0.25, 0.3) is 0 Å². The van der Waals surface area contributed by atoms with Gasteiger partial charge in [-0.05, 0) is 53.9 Å². The first-order chi connectivity index (χ1) is 7.16. The van der Waals surface area contributed by atoms with Crippen LogP contribution in [0.2, 0.25) is 0 Å². The van der Waals surface area contributed by atoms with Crippen LogP contribution in [0.1, 0.15) is 18.9 Å². The zero-order chi connectivity index (χ0) is 10.8.